The van der Waals surface area contributed by atoms with Gasteiger partial charge in [0.05, 0.1) is 5.69 Å². The summed E-state index contributed by atoms with van der Waals surface area (Å²) in [5, 5.41) is 4.21. The second kappa shape index (κ2) is 8.31. The molecule has 1 amide bonds. The van der Waals surface area contributed by atoms with E-state index in [4.69, 9.17) is 20.8 Å². The highest BCUT2D eigenvalue weighted by atomic mass is 79.9. The SMILES string of the molecule is CC(OC(=O)Nc1c(-c2ccc(Br)cc2)oc2ccccc12)c1ccccc1Cl. The van der Waals surface area contributed by atoms with E-state index in [9.17, 15) is 4.79 Å². The van der Waals surface area contributed by atoms with E-state index in [2.05, 4.69) is 21.2 Å². The third-order valence-corrected chi connectivity index (χ3v) is 5.43. The number of amides is 1. The maximum absolute atomic E-state index is 12.7. The van der Waals surface area contributed by atoms with Gasteiger partial charge in [-0.15, -0.1) is 0 Å². The first kappa shape index (κ1) is 19.6. The molecular weight excluding hydrogens is 454 g/mol. The summed E-state index contributed by atoms with van der Waals surface area (Å²) < 4.78 is 12.6. The van der Waals surface area contributed by atoms with Crippen molar-refractivity contribution in [1.82, 2.24) is 0 Å². The Morgan fingerprint density at radius 2 is 1.72 bits per heavy atom. The molecule has 4 aromatic rings. The monoisotopic (exact) mass is 469 g/mol. The number of carbonyl (C=O) groups excluding carboxylic acids is 1. The lowest BCUT2D eigenvalue weighted by molar-refractivity contribution is 0.121. The molecule has 1 unspecified atom stereocenters. The first-order valence-electron chi connectivity index (χ1n) is 9.02. The average molecular weight is 471 g/mol. The quantitative estimate of drug-likeness (QED) is 0.331. The molecule has 3 aromatic carbocycles. The number of anilines is 1. The zero-order valence-electron chi connectivity index (χ0n) is 15.5. The van der Waals surface area contributed by atoms with Crippen molar-refractivity contribution in [3.63, 3.8) is 0 Å². The van der Waals surface area contributed by atoms with E-state index >= 15 is 0 Å². The molecule has 1 aromatic heterocycles. The number of furan rings is 1. The largest absolute Gasteiger partial charge is 0.454 e. The molecule has 29 heavy (non-hydrogen) atoms. The summed E-state index contributed by atoms with van der Waals surface area (Å²) in [6.07, 6.45) is -1.08. The Morgan fingerprint density at radius 3 is 2.48 bits per heavy atom. The number of hydrogen-bond donors (Lipinski definition) is 1. The van der Waals surface area contributed by atoms with Crippen molar-refractivity contribution in [2.75, 3.05) is 5.32 Å². The van der Waals surface area contributed by atoms with Gasteiger partial charge in [0, 0.05) is 26.0 Å². The maximum atomic E-state index is 12.7. The summed E-state index contributed by atoms with van der Waals surface area (Å²) >= 11 is 9.65. The fourth-order valence-electron chi connectivity index (χ4n) is 3.13. The van der Waals surface area contributed by atoms with E-state index in [1.807, 2.05) is 66.7 Å². The molecule has 146 valence electrons. The predicted octanol–water partition coefficient (Wildman–Crippen LogP) is 7.83. The zero-order valence-corrected chi connectivity index (χ0v) is 17.8. The molecule has 0 aliphatic carbocycles. The third kappa shape index (κ3) is 4.16. The average Bonchev–Trinajstić information content (AvgIpc) is 3.07. The van der Waals surface area contributed by atoms with Gasteiger partial charge in [0.15, 0.2) is 5.76 Å². The van der Waals surface area contributed by atoms with Crippen molar-refractivity contribution < 1.29 is 13.9 Å². The van der Waals surface area contributed by atoms with E-state index in [0.717, 1.165) is 21.0 Å². The number of rotatable bonds is 4. The van der Waals surface area contributed by atoms with Crippen molar-refractivity contribution in [3.05, 3.63) is 87.9 Å². The van der Waals surface area contributed by atoms with Gasteiger partial charge in [0.2, 0.25) is 0 Å². The lowest BCUT2D eigenvalue weighted by Crippen LogP contribution is -2.16. The molecule has 0 fully saturated rings. The van der Waals surface area contributed by atoms with E-state index in [0.29, 0.717) is 22.1 Å². The standard InChI is InChI=1S/C23H17BrClNO3/c1-14(17-6-2-4-8-19(17)25)28-23(27)26-21-18-7-3-5-9-20(18)29-22(21)15-10-12-16(24)13-11-15/h2-14H,1H3,(H,26,27). The second-order valence-electron chi connectivity index (χ2n) is 6.50. The molecule has 0 bridgehead atoms. The van der Waals surface area contributed by atoms with Crippen LogP contribution in [0.25, 0.3) is 22.3 Å². The first-order valence-corrected chi connectivity index (χ1v) is 10.2. The Balaban J connectivity index is 1.64. The molecule has 0 saturated heterocycles. The third-order valence-electron chi connectivity index (χ3n) is 4.56. The summed E-state index contributed by atoms with van der Waals surface area (Å²) in [5.74, 6) is 0.570. The molecule has 6 heteroatoms. The first-order chi connectivity index (χ1) is 14.0. The number of benzene rings is 3. The molecule has 1 heterocycles. The second-order valence-corrected chi connectivity index (χ2v) is 7.83. The fourth-order valence-corrected chi connectivity index (χ4v) is 3.69. The molecule has 0 spiro atoms. The van der Waals surface area contributed by atoms with E-state index in [1.165, 1.54) is 0 Å². The summed E-state index contributed by atoms with van der Waals surface area (Å²) in [5.41, 5.74) is 2.84. The topological polar surface area (TPSA) is 51.5 Å². The minimum atomic E-state index is -0.581. The number of halogens is 2. The van der Waals surface area contributed by atoms with Gasteiger partial charge < -0.3 is 9.15 Å². The van der Waals surface area contributed by atoms with Crippen LogP contribution in [-0.4, -0.2) is 6.09 Å². The molecule has 0 saturated carbocycles. The molecule has 0 aliphatic heterocycles. The van der Waals surface area contributed by atoms with Gasteiger partial charge in [-0.1, -0.05) is 70.0 Å². The van der Waals surface area contributed by atoms with Crippen LogP contribution >= 0.6 is 27.5 Å². The van der Waals surface area contributed by atoms with Crippen LogP contribution in [0.5, 0.6) is 0 Å². The normalized spacial score (nSPS) is 12.0. The van der Waals surface area contributed by atoms with Gasteiger partial charge in [-0.3, -0.25) is 5.32 Å². The van der Waals surface area contributed by atoms with Gasteiger partial charge in [-0.05, 0) is 37.3 Å². The molecule has 1 atom stereocenters. The highest BCUT2D eigenvalue weighted by molar-refractivity contribution is 9.10. The molecule has 0 radical (unpaired) electrons. The number of para-hydroxylation sites is 1. The van der Waals surface area contributed by atoms with Gasteiger partial charge in [0.25, 0.3) is 0 Å². The number of carbonyl (C=O) groups is 1. The van der Waals surface area contributed by atoms with E-state index < -0.39 is 12.2 Å². The van der Waals surface area contributed by atoms with Crippen LogP contribution in [0.1, 0.15) is 18.6 Å². The molecule has 4 nitrogen and oxygen atoms in total. The van der Waals surface area contributed by atoms with Gasteiger partial charge in [0.1, 0.15) is 11.7 Å². The Bertz CT molecular complexity index is 1170. The smallest absolute Gasteiger partial charge is 0.412 e. The van der Waals surface area contributed by atoms with Crippen LogP contribution < -0.4 is 5.32 Å². The van der Waals surface area contributed by atoms with Crippen LogP contribution in [0, 0.1) is 0 Å². The molecular formula is C23H17BrClNO3. The minimum Gasteiger partial charge on any atom is -0.454 e. The Morgan fingerprint density at radius 1 is 1.03 bits per heavy atom. The Hall–Kier alpha value is -2.76. The van der Waals surface area contributed by atoms with Crippen molar-refractivity contribution in [2.45, 2.75) is 13.0 Å². The van der Waals surface area contributed by atoms with Crippen molar-refractivity contribution in [3.8, 4) is 11.3 Å². The zero-order chi connectivity index (χ0) is 20.4. The number of hydrogen-bond acceptors (Lipinski definition) is 3. The van der Waals surface area contributed by atoms with Crippen LogP contribution in [0.15, 0.2) is 81.7 Å². The summed E-state index contributed by atoms with van der Waals surface area (Å²) in [6, 6.07) is 22.5. The summed E-state index contributed by atoms with van der Waals surface area (Å²) in [7, 11) is 0. The fraction of sp³-hybridized carbons (Fsp3) is 0.0870. The van der Waals surface area contributed by atoms with Crippen molar-refractivity contribution in [2.24, 2.45) is 0 Å². The van der Waals surface area contributed by atoms with Gasteiger partial charge >= 0.3 is 6.09 Å². The Kier molecular flexibility index (Phi) is 5.60. The van der Waals surface area contributed by atoms with Crippen LogP contribution in [0.3, 0.4) is 0 Å². The number of ether oxygens (including phenoxy) is 1. The molecule has 0 aliphatic rings. The number of fused-ring (bicyclic) bond motifs is 1. The lowest BCUT2D eigenvalue weighted by atomic mass is 10.1. The Labute approximate surface area is 181 Å². The lowest BCUT2D eigenvalue weighted by Gasteiger charge is -2.15. The summed E-state index contributed by atoms with van der Waals surface area (Å²) in [4.78, 5) is 12.7. The minimum absolute atomic E-state index is 0.502. The van der Waals surface area contributed by atoms with Crippen LogP contribution in [0.4, 0.5) is 10.5 Å². The summed E-state index contributed by atoms with van der Waals surface area (Å²) in [6.45, 7) is 1.78. The van der Waals surface area contributed by atoms with Gasteiger partial charge in [-0.2, -0.15) is 0 Å². The highest BCUT2D eigenvalue weighted by Crippen LogP contribution is 2.38. The van der Waals surface area contributed by atoms with Crippen LogP contribution in [0.2, 0.25) is 5.02 Å². The van der Waals surface area contributed by atoms with Crippen LogP contribution in [-0.2, 0) is 4.74 Å². The van der Waals surface area contributed by atoms with Crippen molar-refractivity contribution in [1.29, 1.82) is 0 Å². The van der Waals surface area contributed by atoms with Crippen molar-refractivity contribution >= 4 is 50.3 Å². The number of nitrogens with one attached hydrogen (secondary N) is 1. The maximum Gasteiger partial charge on any atom is 0.412 e. The van der Waals surface area contributed by atoms with E-state index in [-0.39, 0.29) is 0 Å². The highest BCUT2D eigenvalue weighted by Gasteiger charge is 2.20. The molecule has 1 N–H and O–H groups in total. The molecule has 4 rings (SSSR count). The van der Waals surface area contributed by atoms with Gasteiger partial charge in [-0.25, -0.2) is 4.79 Å². The predicted molar refractivity (Wildman–Crippen MR) is 119 cm³/mol. The van der Waals surface area contributed by atoms with E-state index in [1.54, 1.807) is 13.0 Å².